The molecule has 0 aliphatic carbocycles. The van der Waals surface area contributed by atoms with Crippen molar-refractivity contribution in [3.05, 3.63) is 48.4 Å². The number of nitrogens with one attached hydrogen (secondary N) is 2. The van der Waals surface area contributed by atoms with Gasteiger partial charge in [-0.2, -0.15) is 0 Å². The Hall–Kier alpha value is -2.50. The molecular weight excluding hydrogens is 276 g/mol. The highest BCUT2D eigenvalue weighted by atomic mass is 15.2. The number of pyridine rings is 1. The molecule has 0 saturated carbocycles. The predicted octanol–water partition coefficient (Wildman–Crippen LogP) is 1.31. The van der Waals surface area contributed by atoms with Crippen molar-refractivity contribution in [1.29, 1.82) is 0 Å². The molecule has 0 saturated heterocycles. The lowest BCUT2D eigenvalue weighted by atomic mass is 10.2. The van der Waals surface area contributed by atoms with Crippen molar-refractivity contribution in [3.63, 3.8) is 0 Å². The molecule has 6 nitrogen and oxygen atoms in total. The van der Waals surface area contributed by atoms with Gasteiger partial charge in [-0.1, -0.05) is 6.07 Å². The first-order chi connectivity index (χ1) is 10.7. The van der Waals surface area contributed by atoms with Gasteiger partial charge < -0.3 is 20.1 Å². The second kappa shape index (κ2) is 8.07. The summed E-state index contributed by atoms with van der Waals surface area (Å²) in [6.07, 6.45) is 5.91. The molecule has 0 amide bonds. The number of rotatable bonds is 6. The van der Waals surface area contributed by atoms with Crippen molar-refractivity contribution < 1.29 is 0 Å². The van der Waals surface area contributed by atoms with Crippen molar-refractivity contribution in [2.75, 3.05) is 32.6 Å². The summed E-state index contributed by atoms with van der Waals surface area (Å²) >= 11 is 0. The van der Waals surface area contributed by atoms with E-state index in [4.69, 9.17) is 0 Å². The SMILES string of the molecule is CN=C(NCCn1cccc1)NCc1cccnc1N(C)C. The fourth-order valence-corrected chi connectivity index (χ4v) is 2.19. The average molecular weight is 300 g/mol. The third-order valence-corrected chi connectivity index (χ3v) is 3.29. The van der Waals surface area contributed by atoms with Crippen LogP contribution in [0.1, 0.15) is 5.56 Å². The largest absolute Gasteiger partial charge is 0.362 e. The van der Waals surface area contributed by atoms with Gasteiger partial charge in [-0.15, -0.1) is 0 Å². The molecule has 0 spiro atoms. The molecule has 0 bridgehead atoms. The summed E-state index contributed by atoms with van der Waals surface area (Å²) in [5.74, 6) is 1.76. The molecule has 0 atom stereocenters. The van der Waals surface area contributed by atoms with Gasteiger partial charge in [0.2, 0.25) is 0 Å². The van der Waals surface area contributed by atoms with Crippen molar-refractivity contribution in [1.82, 2.24) is 20.2 Å². The lowest BCUT2D eigenvalue weighted by Crippen LogP contribution is -2.38. The Morgan fingerprint density at radius 3 is 2.68 bits per heavy atom. The Labute approximate surface area is 131 Å². The van der Waals surface area contributed by atoms with Crippen LogP contribution in [0.15, 0.2) is 47.8 Å². The van der Waals surface area contributed by atoms with Crippen LogP contribution < -0.4 is 15.5 Å². The first-order valence-corrected chi connectivity index (χ1v) is 7.37. The van der Waals surface area contributed by atoms with Gasteiger partial charge in [0.25, 0.3) is 0 Å². The fourth-order valence-electron chi connectivity index (χ4n) is 2.19. The van der Waals surface area contributed by atoms with E-state index < -0.39 is 0 Å². The fraction of sp³-hybridized carbons (Fsp3) is 0.375. The summed E-state index contributed by atoms with van der Waals surface area (Å²) in [7, 11) is 5.77. The van der Waals surface area contributed by atoms with Gasteiger partial charge in [0.15, 0.2) is 5.96 Å². The zero-order valence-corrected chi connectivity index (χ0v) is 13.5. The minimum Gasteiger partial charge on any atom is -0.362 e. The minimum absolute atomic E-state index is 0.685. The van der Waals surface area contributed by atoms with E-state index in [-0.39, 0.29) is 0 Å². The number of nitrogens with zero attached hydrogens (tertiary/aromatic N) is 4. The van der Waals surface area contributed by atoms with E-state index in [1.165, 1.54) is 0 Å². The van der Waals surface area contributed by atoms with Gasteiger partial charge in [0, 0.05) is 64.9 Å². The molecule has 2 rings (SSSR count). The maximum atomic E-state index is 4.40. The number of anilines is 1. The summed E-state index contributed by atoms with van der Waals surface area (Å²) in [4.78, 5) is 10.7. The molecule has 22 heavy (non-hydrogen) atoms. The van der Waals surface area contributed by atoms with Crippen molar-refractivity contribution in [2.24, 2.45) is 4.99 Å². The molecule has 0 aliphatic heterocycles. The predicted molar refractivity (Wildman–Crippen MR) is 91.2 cm³/mol. The van der Waals surface area contributed by atoms with Gasteiger partial charge in [-0.25, -0.2) is 4.98 Å². The Morgan fingerprint density at radius 1 is 1.23 bits per heavy atom. The van der Waals surface area contributed by atoms with Crippen LogP contribution in [0.25, 0.3) is 0 Å². The molecule has 0 aromatic carbocycles. The summed E-state index contributed by atoms with van der Waals surface area (Å²) < 4.78 is 2.13. The zero-order chi connectivity index (χ0) is 15.8. The van der Waals surface area contributed by atoms with E-state index in [1.54, 1.807) is 7.05 Å². The molecule has 2 aromatic rings. The Kier molecular flexibility index (Phi) is 5.82. The van der Waals surface area contributed by atoms with Crippen molar-refractivity contribution in [3.8, 4) is 0 Å². The van der Waals surface area contributed by atoms with Crippen LogP contribution in [-0.4, -0.2) is 43.2 Å². The lowest BCUT2D eigenvalue weighted by Gasteiger charge is -2.17. The topological polar surface area (TPSA) is 57.5 Å². The standard InChI is InChI=1S/C16H24N6/c1-17-16(19-9-12-22-10-4-5-11-22)20-13-14-7-6-8-18-15(14)21(2)3/h4-8,10-11H,9,12-13H2,1-3H3,(H2,17,19,20). The summed E-state index contributed by atoms with van der Waals surface area (Å²) in [6.45, 7) is 2.41. The van der Waals surface area contributed by atoms with E-state index in [1.807, 2.05) is 43.4 Å². The van der Waals surface area contributed by atoms with E-state index >= 15 is 0 Å². The van der Waals surface area contributed by atoms with Crippen LogP contribution in [-0.2, 0) is 13.1 Å². The molecule has 2 heterocycles. The van der Waals surface area contributed by atoms with Crippen LogP contribution >= 0.6 is 0 Å². The van der Waals surface area contributed by atoms with Gasteiger partial charge in [0.1, 0.15) is 5.82 Å². The monoisotopic (exact) mass is 300 g/mol. The van der Waals surface area contributed by atoms with Crippen LogP contribution in [0.2, 0.25) is 0 Å². The van der Waals surface area contributed by atoms with E-state index in [2.05, 4.69) is 43.6 Å². The Balaban J connectivity index is 1.84. The smallest absolute Gasteiger partial charge is 0.191 e. The minimum atomic E-state index is 0.685. The Morgan fingerprint density at radius 2 is 2.00 bits per heavy atom. The van der Waals surface area contributed by atoms with Crippen molar-refractivity contribution >= 4 is 11.8 Å². The van der Waals surface area contributed by atoms with Gasteiger partial charge in [-0.3, -0.25) is 4.99 Å². The second-order valence-corrected chi connectivity index (χ2v) is 5.15. The van der Waals surface area contributed by atoms with Gasteiger partial charge in [0.05, 0.1) is 0 Å². The molecule has 0 unspecified atom stereocenters. The summed E-state index contributed by atoms with van der Waals surface area (Å²) in [5, 5.41) is 6.63. The maximum Gasteiger partial charge on any atom is 0.191 e. The molecular formula is C16H24N6. The third-order valence-electron chi connectivity index (χ3n) is 3.29. The number of guanidine groups is 1. The van der Waals surface area contributed by atoms with Gasteiger partial charge >= 0.3 is 0 Å². The highest BCUT2D eigenvalue weighted by molar-refractivity contribution is 5.79. The normalized spacial score (nSPS) is 11.3. The van der Waals surface area contributed by atoms with E-state index in [0.29, 0.717) is 6.54 Å². The van der Waals surface area contributed by atoms with Crippen LogP contribution in [0.3, 0.4) is 0 Å². The summed E-state index contributed by atoms with van der Waals surface area (Å²) in [6, 6.07) is 8.07. The number of aliphatic imine (C=N–C) groups is 1. The highest BCUT2D eigenvalue weighted by Crippen LogP contribution is 2.13. The lowest BCUT2D eigenvalue weighted by molar-refractivity contribution is 0.665. The molecule has 2 aromatic heterocycles. The molecule has 6 heteroatoms. The quantitative estimate of drug-likeness (QED) is 0.624. The second-order valence-electron chi connectivity index (χ2n) is 5.15. The number of hydrogen-bond acceptors (Lipinski definition) is 3. The highest BCUT2D eigenvalue weighted by Gasteiger charge is 2.06. The van der Waals surface area contributed by atoms with Crippen LogP contribution in [0.5, 0.6) is 0 Å². The molecule has 0 fully saturated rings. The number of hydrogen-bond donors (Lipinski definition) is 2. The summed E-state index contributed by atoms with van der Waals surface area (Å²) in [5.41, 5.74) is 1.14. The van der Waals surface area contributed by atoms with Crippen molar-refractivity contribution in [2.45, 2.75) is 13.1 Å². The van der Waals surface area contributed by atoms with E-state index in [9.17, 15) is 0 Å². The molecule has 118 valence electrons. The molecule has 0 aliphatic rings. The number of aromatic nitrogens is 2. The molecule has 0 radical (unpaired) electrons. The zero-order valence-electron chi connectivity index (χ0n) is 13.5. The van der Waals surface area contributed by atoms with Gasteiger partial charge in [-0.05, 0) is 18.2 Å². The average Bonchev–Trinajstić information content (AvgIpc) is 3.04. The maximum absolute atomic E-state index is 4.40. The van der Waals surface area contributed by atoms with Crippen LogP contribution in [0, 0.1) is 0 Å². The van der Waals surface area contributed by atoms with E-state index in [0.717, 1.165) is 30.4 Å². The molecule has 2 N–H and O–H groups in total. The first-order valence-electron chi connectivity index (χ1n) is 7.37. The van der Waals surface area contributed by atoms with Crippen LogP contribution in [0.4, 0.5) is 5.82 Å². The Bertz CT molecular complexity index is 588. The first kappa shape index (κ1) is 15.9. The third kappa shape index (κ3) is 4.51.